The number of nitrogens with one attached hydrogen (secondary N) is 1. The van der Waals surface area contributed by atoms with Gasteiger partial charge in [-0.25, -0.2) is 4.98 Å². The number of rotatable bonds is 5. The van der Waals surface area contributed by atoms with Crippen molar-refractivity contribution in [1.29, 1.82) is 0 Å². The third-order valence-corrected chi connectivity index (χ3v) is 4.19. The molecule has 0 bridgehead atoms. The van der Waals surface area contributed by atoms with Crippen LogP contribution in [-0.2, 0) is 13.0 Å². The van der Waals surface area contributed by atoms with Crippen LogP contribution in [-0.4, -0.2) is 22.0 Å². The van der Waals surface area contributed by atoms with Crippen LogP contribution < -0.4 is 5.32 Å². The second kappa shape index (κ2) is 6.84. The summed E-state index contributed by atoms with van der Waals surface area (Å²) in [6.07, 6.45) is 4.67. The average molecular weight is 328 g/mol. The normalized spacial score (nSPS) is 10.9. The van der Waals surface area contributed by atoms with Gasteiger partial charge in [0, 0.05) is 30.9 Å². The molecular formula is C18H18ClN3O. The molecule has 0 unspecified atom stereocenters. The van der Waals surface area contributed by atoms with Crippen molar-refractivity contribution in [3.63, 3.8) is 0 Å². The van der Waals surface area contributed by atoms with E-state index in [1.165, 1.54) is 5.56 Å². The van der Waals surface area contributed by atoms with Gasteiger partial charge in [-0.1, -0.05) is 23.7 Å². The maximum Gasteiger partial charge on any atom is 0.252 e. The highest BCUT2D eigenvalue weighted by molar-refractivity contribution is 6.33. The van der Waals surface area contributed by atoms with Crippen LogP contribution in [0.3, 0.4) is 0 Å². The summed E-state index contributed by atoms with van der Waals surface area (Å²) >= 11 is 6.04. The van der Waals surface area contributed by atoms with Crippen molar-refractivity contribution in [3.8, 4) is 0 Å². The molecule has 0 fully saturated rings. The number of hydrogen-bond acceptors (Lipinski definition) is 2. The zero-order valence-corrected chi connectivity index (χ0v) is 13.7. The van der Waals surface area contributed by atoms with Crippen molar-refractivity contribution >= 4 is 28.5 Å². The fourth-order valence-electron chi connectivity index (χ4n) is 2.69. The molecule has 1 N–H and O–H groups in total. The summed E-state index contributed by atoms with van der Waals surface area (Å²) in [6, 6.07) is 11.1. The lowest BCUT2D eigenvalue weighted by Gasteiger charge is -2.06. The van der Waals surface area contributed by atoms with E-state index in [4.69, 9.17) is 11.6 Å². The van der Waals surface area contributed by atoms with Crippen molar-refractivity contribution in [1.82, 2.24) is 14.9 Å². The standard InChI is InChI=1S/C18H18ClN3O/c1-2-22-12-13(14-7-5-10-20-17(14)22)9-11-21-18(23)15-6-3-4-8-16(15)19/h3-8,10,12H,2,9,11H2,1H3,(H,21,23). The van der Waals surface area contributed by atoms with Crippen LogP contribution in [0.5, 0.6) is 0 Å². The second-order valence-electron chi connectivity index (χ2n) is 5.30. The van der Waals surface area contributed by atoms with Crippen molar-refractivity contribution in [2.45, 2.75) is 19.9 Å². The zero-order valence-electron chi connectivity index (χ0n) is 12.9. The summed E-state index contributed by atoms with van der Waals surface area (Å²) in [5.41, 5.74) is 2.68. The summed E-state index contributed by atoms with van der Waals surface area (Å²) in [6.45, 7) is 3.53. The number of aryl methyl sites for hydroxylation is 1. The summed E-state index contributed by atoms with van der Waals surface area (Å²) in [5, 5.41) is 4.54. The van der Waals surface area contributed by atoms with Gasteiger partial charge < -0.3 is 9.88 Å². The van der Waals surface area contributed by atoms with Crippen molar-refractivity contribution in [3.05, 3.63) is 64.9 Å². The number of nitrogens with zero attached hydrogens (tertiary/aromatic N) is 2. The van der Waals surface area contributed by atoms with Gasteiger partial charge in [0.05, 0.1) is 10.6 Å². The SMILES string of the molecule is CCn1cc(CCNC(=O)c2ccccc2Cl)c2cccnc21. The first-order chi connectivity index (χ1) is 11.2. The topological polar surface area (TPSA) is 46.9 Å². The quantitative estimate of drug-likeness (QED) is 0.777. The first kappa shape index (κ1) is 15.6. The number of fused-ring (bicyclic) bond motifs is 1. The highest BCUT2D eigenvalue weighted by atomic mass is 35.5. The lowest BCUT2D eigenvalue weighted by atomic mass is 10.1. The minimum absolute atomic E-state index is 0.145. The number of amides is 1. The predicted molar refractivity (Wildman–Crippen MR) is 92.9 cm³/mol. The number of hydrogen-bond donors (Lipinski definition) is 1. The van der Waals surface area contributed by atoms with Gasteiger partial charge in [-0.3, -0.25) is 4.79 Å². The van der Waals surface area contributed by atoms with E-state index < -0.39 is 0 Å². The van der Waals surface area contributed by atoms with E-state index >= 15 is 0 Å². The molecule has 0 saturated carbocycles. The van der Waals surface area contributed by atoms with Crippen molar-refractivity contribution in [2.75, 3.05) is 6.54 Å². The Bertz CT molecular complexity index is 841. The predicted octanol–water partition coefficient (Wildman–Crippen LogP) is 3.68. The largest absolute Gasteiger partial charge is 0.352 e. The Balaban J connectivity index is 1.70. The van der Waals surface area contributed by atoms with Crippen LogP contribution in [0.2, 0.25) is 5.02 Å². The molecule has 2 heterocycles. The van der Waals surface area contributed by atoms with Gasteiger partial charge in [-0.05, 0) is 43.2 Å². The number of pyridine rings is 1. The Kier molecular flexibility index (Phi) is 4.63. The van der Waals surface area contributed by atoms with Crippen LogP contribution >= 0.6 is 11.6 Å². The van der Waals surface area contributed by atoms with Gasteiger partial charge in [0.1, 0.15) is 5.65 Å². The third kappa shape index (κ3) is 3.22. The molecule has 0 aliphatic heterocycles. The Morgan fingerprint density at radius 1 is 1.26 bits per heavy atom. The zero-order chi connectivity index (χ0) is 16.2. The molecule has 118 valence electrons. The smallest absolute Gasteiger partial charge is 0.252 e. The minimum atomic E-state index is -0.145. The summed E-state index contributed by atoms with van der Waals surface area (Å²) in [5.74, 6) is -0.145. The minimum Gasteiger partial charge on any atom is -0.352 e. The van der Waals surface area contributed by atoms with Crippen LogP contribution in [0, 0.1) is 0 Å². The van der Waals surface area contributed by atoms with Gasteiger partial charge in [0.15, 0.2) is 0 Å². The number of halogens is 1. The molecule has 3 aromatic rings. The van der Waals surface area contributed by atoms with E-state index in [0.29, 0.717) is 17.1 Å². The van der Waals surface area contributed by atoms with Crippen LogP contribution in [0.4, 0.5) is 0 Å². The molecule has 0 aliphatic rings. The maximum atomic E-state index is 12.2. The molecule has 3 rings (SSSR count). The van der Waals surface area contributed by atoms with Gasteiger partial charge in [-0.2, -0.15) is 0 Å². The molecule has 2 aromatic heterocycles. The van der Waals surface area contributed by atoms with E-state index in [-0.39, 0.29) is 5.91 Å². The molecule has 0 atom stereocenters. The van der Waals surface area contributed by atoms with Crippen LogP contribution in [0.25, 0.3) is 11.0 Å². The van der Waals surface area contributed by atoms with E-state index in [2.05, 4.69) is 34.1 Å². The lowest BCUT2D eigenvalue weighted by Crippen LogP contribution is -2.25. The fraction of sp³-hybridized carbons (Fsp3) is 0.222. The lowest BCUT2D eigenvalue weighted by molar-refractivity contribution is 0.0954. The number of aromatic nitrogens is 2. The van der Waals surface area contributed by atoms with Gasteiger partial charge in [0.25, 0.3) is 5.91 Å². The average Bonchev–Trinajstić information content (AvgIpc) is 2.93. The molecule has 4 nitrogen and oxygen atoms in total. The molecule has 0 radical (unpaired) electrons. The van der Waals surface area contributed by atoms with E-state index in [1.54, 1.807) is 24.4 Å². The highest BCUT2D eigenvalue weighted by Crippen LogP contribution is 2.20. The van der Waals surface area contributed by atoms with Crippen molar-refractivity contribution < 1.29 is 4.79 Å². The Morgan fingerprint density at radius 3 is 2.87 bits per heavy atom. The molecule has 0 spiro atoms. The molecule has 1 aromatic carbocycles. The van der Waals surface area contributed by atoms with Gasteiger partial charge >= 0.3 is 0 Å². The van der Waals surface area contributed by atoms with Gasteiger partial charge in [0.2, 0.25) is 0 Å². The fourth-order valence-corrected chi connectivity index (χ4v) is 2.91. The van der Waals surface area contributed by atoms with Crippen LogP contribution in [0.15, 0.2) is 48.8 Å². The third-order valence-electron chi connectivity index (χ3n) is 3.86. The molecule has 5 heteroatoms. The highest BCUT2D eigenvalue weighted by Gasteiger charge is 2.11. The summed E-state index contributed by atoms with van der Waals surface area (Å²) in [4.78, 5) is 16.6. The van der Waals surface area contributed by atoms with Gasteiger partial charge in [-0.15, -0.1) is 0 Å². The number of carbonyl (C=O) groups is 1. The summed E-state index contributed by atoms with van der Waals surface area (Å²) < 4.78 is 2.13. The van der Waals surface area contributed by atoms with E-state index in [1.807, 2.05) is 12.1 Å². The second-order valence-corrected chi connectivity index (χ2v) is 5.71. The number of carbonyl (C=O) groups excluding carboxylic acids is 1. The van der Waals surface area contributed by atoms with E-state index in [0.717, 1.165) is 24.0 Å². The van der Waals surface area contributed by atoms with E-state index in [9.17, 15) is 4.79 Å². The Hall–Kier alpha value is -2.33. The number of benzene rings is 1. The Morgan fingerprint density at radius 2 is 2.09 bits per heavy atom. The first-order valence-corrected chi connectivity index (χ1v) is 8.04. The maximum absolute atomic E-state index is 12.2. The summed E-state index contributed by atoms with van der Waals surface area (Å²) in [7, 11) is 0. The van der Waals surface area contributed by atoms with Crippen molar-refractivity contribution in [2.24, 2.45) is 0 Å². The first-order valence-electron chi connectivity index (χ1n) is 7.66. The molecular weight excluding hydrogens is 310 g/mol. The Labute approximate surface area is 140 Å². The molecule has 0 aliphatic carbocycles. The molecule has 0 saturated heterocycles. The van der Waals surface area contributed by atoms with Crippen LogP contribution in [0.1, 0.15) is 22.8 Å². The molecule has 1 amide bonds. The monoisotopic (exact) mass is 327 g/mol. The molecule has 23 heavy (non-hydrogen) atoms.